The lowest BCUT2D eigenvalue weighted by Gasteiger charge is -2.06. The van der Waals surface area contributed by atoms with Crippen LogP contribution in [0.3, 0.4) is 0 Å². The summed E-state index contributed by atoms with van der Waals surface area (Å²) in [7, 11) is 0. The molecule has 0 aliphatic rings. The number of rotatable bonds is 4. The van der Waals surface area contributed by atoms with Crippen LogP contribution in [0.15, 0.2) is 6.07 Å². The van der Waals surface area contributed by atoms with Gasteiger partial charge in [-0.2, -0.15) is 5.10 Å². The standard InChI is InChI=1S/C10H17N3O/c1-4-7(2)5-10(14)11-9-6-8(3)12-13-9/h6-7H,4-5H2,1-3H3,(H2,11,12,13,14). The number of aryl methyl sites for hydroxylation is 1. The molecule has 0 aromatic carbocycles. The summed E-state index contributed by atoms with van der Waals surface area (Å²) in [6.07, 6.45) is 1.58. The van der Waals surface area contributed by atoms with Crippen LogP contribution in [-0.4, -0.2) is 16.1 Å². The molecule has 1 rings (SSSR count). The van der Waals surface area contributed by atoms with Gasteiger partial charge in [0.2, 0.25) is 5.91 Å². The van der Waals surface area contributed by atoms with Crippen molar-refractivity contribution in [3.05, 3.63) is 11.8 Å². The summed E-state index contributed by atoms with van der Waals surface area (Å²) in [6, 6.07) is 1.81. The second-order valence-electron chi connectivity index (χ2n) is 3.70. The fourth-order valence-electron chi connectivity index (χ4n) is 1.14. The van der Waals surface area contributed by atoms with E-state index in [4.69, 9.17) is 0 Å². The molecule has 0 spiro atoms. The van der Waals surface area contributed by atoms with E-state index in [0.717, 1.165) is 12.1 Å². The van der Waals surface area contributed by atoms with Crippen LogP contribution in [0.25, 0.3) is 0 Å². The van der Waals surface area contributed by atoms with E-state index in [0.29, 0.717) is 18.2 Å². The molecule has 4 nitrogen and oxygen atoms in total. The number of H-pyrrole nitrogens is 1. The van der Waals surface area contributed by atoms with E-state index in [-0.39, 0.29) is 5.91 Å². The van der Waals surface area contributed by atoms with Gasteiger partial charge in [0.15, 0.2) is 5.82 Å². The van der Waals surface area contributed by atoms with Crippen molar-refractivity contribution in [2.45, 2.75) is 33.6 Å². The third kappa shape index (κ3) is 3.20. The van der Waals surface area contributed by atoms with E-state index in [1.165, 1.54) is 0 Å². The summed E-state index contributed by atoms with van der Waals surface area (Å²) in [5.74, 6) is 1.07. The quantitative estimate of drug-likeness (QED) is 0.772. The highest BCUT2D eigenvalue weighted by atomic mass is 16.1. The molecule has 0 aliphatic carbocycles. The summed E-state index contributed by atoms with van der Waals surface area (Å²) >= 11 is 0. The fraction of sp³-hybridized carbons (Fsp3) is 0.600. The predicted molar refractivity (Wildman–Crippen MR) is 56.0 cm³/mol. The van der Waals surface area contributed by atoms with Crippen molar-refractivity contribution in [3.63, 3.8) is 0 Å². The number of hydrogen-bond acceptors (Lipinski definition) is 2. The lowest BCUT2D eigenvalue weighted by Crippen LogP contribution is -2.14. The molecule has 1 unspecified atom stereocenters. The number of aromatic nitrogens is 2. The SMILES string of the molecule is CCC(C)CC(=O)Nc1cc(C)[nH]n1. The minimum Gasteiger partial charge on any atom is -0.309 e. The molecule has 0 aliphatic heterocycles. The zero-order valence-electron chi connectivity index (χ0n) is 8.92. The van der Waals surface area contributed by atoms with Gasteiger partial charge in [0.25, 0.3) is 0 Å². The van der Waals surface area contributed by atoms with Crippen LogP contribution in [-0.2, 0) is 4.79 Å². The Morgan fingerprint density at radius 2 is 2.43 bits per heavy atom. The normalized spacial score (nSPS) is 12.5. The molecular formula is C10H17N3O. The van der Waals surface area contributed by atoms with Crippen molar-refractivity contribution in [1.29, 1.82) is 0 Å². The van der Waals surface area contributed by atoms with Crippen LogP contribution >= 0.6 is 0 Å². The van der Waals surface area contributed by atoms with Crippen LogP contribution in [0.4, 0.5) is 5.82 Å². The van der Waals surface area contributed by atoms with Gasteiger partial charge in [0.1, 0.15) is 0 Å². The lowest BCUT2D eigenvalue weighted by molar-refractivity contribution is -0.117. The van der Waals surface area contributed by atoms with Crippen molar-refractivity contribution >= 4 is 11.7 Å². The molecule has 0 bridgehead atoms. The third-order valence-electron chi connectivity index (χ3n) is 2.20. The summed E-state index contributed by atoms with van der Waals surface area (Å²) in [5.41, 5.74) is 0.948. The molecule has 0 saturated heterocycles. The van der Waals surface area contributed by atoms with Gasteiger partial charge < -0.3 is 5.32 Å². The second kappa shape index (κ2) is 4.79. The molecule has 0 fully saturated rings. The number of nitrogens with zero attached hydrogens (tertiary/aromatic N) is 1. The molecule has 14 heavy (non-hydrogen) atoms. The monoisotopic (exact) mass is 195 g/mol. The first-order valence-electron chi connectivity index (χ1n) is 4.93. The van der Waals surface area contributed by atoms with E-state index in [2.05, 4.69) is 29.4 Å². The molecule has 0 radical (unpaired) electrons. The van der Waals surface area contributed by atoms with E-state index in [1.54, 1.807) is 0 Å². The van der Waals surface area contributed by atoms with Crippen LogP contribution in [0.5, 0.6) is 0 Å². The highest BCUT2D eigenvalue weighted by Crippen LogP contribution is 2.09. The van der Waals surface area contributed by atoms with Crippen LogP contribution in [0.1, 0.15) is 32.4 Å². The minimum atomic E-state index is 0.0332. The molecule has 2 N–H and O–H groups in total. The van der Waals surface area contributed by atoms with Crippen molar-refractivity contribution in [2.75, 3.05) is 5.32 Å². The number of anilines is 1. The Balaban J connectivity index is 2.41. The van der Waals surface area contributed by atoms with E-state index < -0.39 is 0 Å². The van der Waals surface area contributed by atoms with Crippen molar-refractivity contribution in [2.24, 2.45) is 5.92 Å². The van der Waals surface area contributed by atoms with Gasteiger partial charge >= 0.3 is 0 Å². The van der Waals surface area contributed by atoms with Gasteiger partial charge in [-0.3, -0.25) is 9.89 Å². The number of aromatic amines is 1. The van der Waals surface area contributed by atoms with Gasteiger partial charge in [-0.05, 0) is 12.8 Å². The Morgan fingerprint density at radius 3 is 2.93 bits per heavy atom. The average molecular weight is 195 g/mol. The Labute approximate surface area is 84.1 Å². The molecule has 1 aromatic rings. The van der Waals surface area contributed by atoms with E-state index >= 15 is 0 Å². The minimum absolute atomic E-state index is 0.0332. The topological polar surface area (TPSA) is 57.8 Å². The summed E-state index contributed by atoms with van der Waals surface area (Å²) in [6.45, 7) is 6.04. The summed E-state index contributed by atoms with van der Waals surface area (Å²) in [5, 5.41) is 9.46. The first-order valence-corrected chi connectivity index (χ1v) is 4.93. The summed E-state index contributed by atoms with van der Waals surface area (Å²) in [4.78, 5) is 11.4. The zero-order valence-corrected chi connectivity index (χ0v) is 8.92. The van der Waals surface area contributed by atoms with Crippen LogP contribution in [0.2, 0.25) is 0 Å². The number of amides is 1. The number of carbonyl (C=O) groups excluding carboxylic acids is 1. The van der Waals surface area contributed by atoms with Gasteiger partial charge in [-0.1, -0.05) is 20.3 Å². The number of hydrogen-bond donors (Lipinski definition) is 2. The molecule has 1 heterocycles. The first-order chi connectivity index (χ1) is 6.61. The molecule has 0 saturated carbocycles. The molecule has 4 heteroatoms. The molecule has 78 valence electrons. The maximum Gasteiger partial charge on any atom is 0.225 e. The molecule has 1 aromatic heterocycles. The van der Waals surface area contributed by atoms with Crippen molar-refractivity contribution in [3.8, 4) is 0 Å². The number of carbonyl (C=O) groups is 1. The maximum absolute atomic E-state index is 11.4. The highest BCUT2D eigenvalue weighted by Gasteiger charge is 2.08. The Bertz CT molecular complexity index is 306. The number of nitrogens with one attached hydrogen (secondary N) is 2. The van der Waals surface area contributed by atoms with Crippen molar-refractivity contribution in [1.82, 2.24) is 10.2 Å². The fourth-order valence-corrected chi connectivity index (χ4v) is 1.14. The maximum atomic E-state index is 11.4. The van der Waals surface area contributed by atoms with Gasteiger partial charge in [-0.15, -0.1) is 0 Å². The first kappa shape index (κ1) is 10.8. The molecular weight excluding hydrogens is 178 g/mol. The predicted octanol–water partition coefficient (Wildman–Crippen LogP) is 2.09. The molecule has 1 amide bonds. The summed E-state index contributed by atoms with van der Waals surface area (Å²) < 4.78 is 0. The Kier molecular flexibility index (Phi) is 3.68. The second-order valence-corrected chi connectivity index (χ2v) is 3.70. The average Bonchev–Trinajstić information content (AvgIpc) is 2.50. The van der Waals surface area contributed by atoms with Crippen LogP contribution in [0, 0.1) is 12.8 Å². The largest absolute Gasteiger partial charge is 0.309 e. The van der Waals surface area contributed by atoms with Gasteiger partial charge in [-0.25, -0.2) is 0 Å². The lowest BCUT2D eigenvalue weighted by atomic mass is 10.1. The van der Waals surface area contributed by atoms with Crippen LogP contribution < -0.4 is 5.32 Å². The zero-order chi connectivity index (χ0) is 10.6. The van der Waals surface area contributed by atoms with E-state index in [1.807, 2.05) is 13.0 Å². The Hall–Kier alpha value is -1.32. The Morgan fingerprint density at radius 1 is 1.71 bits per heavy atom. The van der Waals surface area contributed by atoms with Gasteiger partial charge in [0, 0.05) is 18.2 Å². The van der Waals surface area contributed by atoms with Gasteiger partial charge in [0.05, 0.1) is 0 Å². The molecule has 1 atom stereocenters. The van der Waals surface area contributed by atoms with E-state index in [9.17, 15) is 4.79 Å². The third-order valence-corrected chi connectivity index (χ3v) is 2.20. The van der Waals surface area contributed by atoms with Crippen molar-refractivity contribution < 1.29 is 4.79 Å². The highest BCUT2D eigenvalue weighted by molar-refractivity contribution is 5.89. The smallest absolute Gasteiger partial charge is 0.225 e.